The third-order valence-electron chi connectivity index (χ3n) is 2.69. The van der Waals surface area contributed by atoms with Crippen LogP contribution in [-0.2, 0) is 0 Å². The van der Waals surface area contributed by atoms with Gasteiger partial charge in [-0.2, -0.15) is 5.11 Å². The number of nitrogens with zero attached hydrogens (tertiary/aromatic N) is 1. The van der Waals surface area contributed by atoms with Gasteiger partial charge in [-0.1, -0.05) is 35.3 Å². The molecule has 0 amide bonds. The summed E-state index contributed by atoms with van der Waals surface area (Å²) >= 11 is 11.6. The highest BCUT2D eigenvalue weighted by atomic mass is 35.5. The fraction of sp³-hybridized carbons (Fsp3) is 0.0714. The van der Waals surface area contributed by atoms with Gasteiger partial charge in [0.15, 0.2) is 11.8 Å². The van der Waals surface area contributed by atoms with Gasteiger partial charge in [0, 0.05) is 15.6 Å². The normalized spacial score (nSPS) is 11.9. The zero-order valence-corrected chi connectivity index (χ0v) is 11.3. The molecule has 96 valence electrons. The van der Waals surface area contributed by atoms with E-state index in [9.17, 15) is 4.79 Å². The van der Waals surface area contributed by atoms with Crippen molar-refractivity contribution in [3.8, 4) is 0 Å². The zero-order valence-electron chi connectivity index (χ0n) is 9.81. The summed E-state index contributed by atoms with van der Waals surface area (Å²) < 4.78 is 0. The van der Waals surface area contributed by atoms with Gasteiger partial charge in [0.2, 0.25) is 0 Å². The van der Waals surface area contributed by atoms with Crippen LogP contribution in [0.2, 0.25) is 10.0 Å². The minimum atomic E-state index is -0.849. The molecule has 0 heterocycles. The number of rotatable bonds is 4. The van der Waals surface area contributed by atoms with Crippen LogP contribution < -0.4 is 0 Å². The molecule has 1 N–H and O–H groups in total. The van der Waals surface area contributed by atoms with E-state index < -0.39 is 6.04 Å². The number of nitrogens with one attached hydrogen (secondary N) is 1. The van der Waals surface area contributed by atoms with Gasteiger partial charge in [0.05, 0.1) is 0 Å². The first-order valence-electron chi connectivity index (χ1n) is 5.53. The SMILES string of the molecule is N=NC(C(=O)c1ccc(Cl)cc1)c1ccc(Cl)cc1. The van der Waals surface area contributed by atoms with E-state index in [1.807, 2.05) is 0 Å². The molecule has 19 heavy (non-hydrogen) atoms. The Kier molecular flexibility index (Phi) is 4.30. The third-order valence-corrected chi connectivity index (χ3v) is 3.20. The third kappa shape index (κ3) is 3.19. The van der Waals surface area contributed by atoms with Crippen molar-refractivity contribution in [3.05, 3.63) is 69.7 Å². The lowest BCUT2D eigenvalue weighted by atomic mass is 9.98. The predicted molar refractivity (Wildman–Crippen MR) is 75.1 cm³/mol. The molecule has 2 aromatic carbocycles. The van der Waals surface area contributed by atoms with Crippen LogP contribution in [0.3, 0.4) is 0 Å². The van der Waals surface area contributed by atoms with Gasteiger partial charge in [0.25, 0.3) is 0 Å². The van der Waals surface area contributed by atoms with Gasteiger partial charge in [-0.05, 0) is 42.0 Å². The fourth-order valence-electron chi connectivity index (χ4n) is 1.70. The van der Waals surface area contributed by atoms with E-state index in [0.29, 0.717) is 21.2 Å². The molecule has 0 radical (unpaired) electrons. The minimum Gasteiger partial charge on any atom is -0.291 e. The highest BCUT2D eigenvalue weighted by molar-refractivity contribution is 6.31. The van der Waals surface area contributed by atoms with Crippen molar-refractivity contribution in [1.82, 2.24) is 0 Å². The van der Waals surface area contributed by atoms with Gasteiger partial charge < -0.3 is 0 Å². The van der Waals surface area contributed by atoms with E-state index in [1.165, 1.54) is 0 Å². The summed E-state index contributed by atoms with van der Waals surface area (Å²) in [6.07, 6.45) is 0. The molecule has 0 aliphatic heterocycles. The second-order valence-electron chi connectivity index (χ2n) is 3.95. The molecular weight excluding hydrogens is 283 g/mol. The zero-order chi connectivity index (χ0) is 13.8. The van der Waals surface area contributed by atoms with Crippen LogP contribution in [0.15, 0.2) is 53.6 Å². The number of hydrogen-bond donors (Lipinski definition) is 1. The minimum absolute atomic E-state index is 0.242. The number of hydrogen-bond acceptors (Lipinski definition) is 3. The van der Waals surface area contributed by atoms with Crippen LogP contribution in [-0.4, -0.2) is 5.78 Å². The standard InChI is InChI=1S/C14H10Cl2N2O/c15-11-5-1-9(2-6-11)13(18-17)14(19)10-3-7-12(16)8-4-10/h1-8,13,17H. The Morgan fingerprint density at radius 2 is 1.42 bits per heavy atom. The molecule has 2 rings (SSSR count). The maximum atomic E-state index is 12.3. The second-order valence-corrected chi connectivity index (χ2v) is 4.83. The maximum Gasteiger partial charge on any atom is 0.193 e. The Hall–Kier alpha value is -1.71. The number of ketones is 1. The van der Waals surface area contributed by atoms with E-state index >= 15 is 0 Å². The lowest BCUT2D eigenvalue weighted by molar-refractivity contribution is 0.0958. The topological polar surface area (TPSA) is 53.3 Å². The van der Waals surface area contributed by atoms with Gasteiger partial charge in [-0.3, -0.25) is 4.79 Å². The average molecular weight is 293 g/mol. The molecular formula is C14H10Cl2N2O. The first kappa shape index (κ1) is 13.7. The Labute approximate surface area is 120 Å². The van der Waals surface area contributed by atoms with Gasteiger partial charge >= 0.3 is 0 Å². The van der Waals surface area contributed by atoms with E-state index in [0.717, 1.165) is 0 Å². The summed E-state index contributed by atoms with van der Waals surface area (Å²) in [5, 5.41) is 4.54. The van der Waals surface area contributed by atoms with Crippen LogP contribution in [0.4, 0.5) is 0 Å². The molecule has 0 saturated carbocycles. The van der Waals surface area contributed by atoms with Crippen LogP contribution in [0, 0.1) is 5.53 Å². The summed E-state index contributed by atoms with van der Waals surface area (Å²) in [5.74, 6) is -0.242. The van der Waals surface area contributed by atoms with Crippen molar-refractivity contribution in [2.24, 2.45) is 5.11 Å². The molecule has 3 nitrogen and oxygen atoms in total. The summed E-state index contributed by atoms with van der Waals surface area (Å²) in [4.78, 5) is 12.3. The molecule has 0 spiro atoms. The van der Waals surface area contributed by atoms with E-state index in [-0.39, 0.29) is 5.78 Å². The van der Waals surface area contributed by atoms with Crippen molar-refractivity contribution in [2.75, 3.05) is 0 Å². The second kappa shape index (κ2) is 5.95. The molecule has 5 heteroatoms. The Bertz CT molecular complexity index is 594. The summed E-state index contributed by atoms with van der Waals surface area (Å²) in [6.45, 7) is 0. The Balaban J connectivity index is 2.31. The monoisotopic (exact) mass is 292 g/mol. The number of benzene rings is 2. The quantitative estimate of drug-likeness (QED) is 0.629. The summed E-state index contributed by atoms with van der Waals surface area (Å²) in [6, 6.07) is 12.4. The first-order chi connectivity index (χ1) is 9.11. The van der Waals surface area contributed by atoms with E-state index in [1.54, 1.807) is 48.5 Å². The number of Topliss-reactive ketones (excluding diaryl/α,β-unsaturated/α-hetero) is 1. The smallest absolute Gasteiger partial charge is 0.193 e. The average Bonchev–Trinajstić information content (AvgIpc) is 2.42. The fourth-order valence-corrected chi connectivity index (χ4v) is 1.95. The highest BCUT2D eigenvalue weighted by Crippen LogP contribution is 2.24. The highest BCUT2D eigenvalue weighted by Gasteiger charge is 2.21. The van der Waals surface area contributed by atoms with Crippen LogP contribution in [0.5, 0.6) is 0 Å². The lowest BCUT2D eigenvalue weighted by Gasteiger charge is -2.10. The molecule has 0 fully saturated rings. The predicted octanol–water partition coefficient (Wildman–Crippen LogP) is 4.95. The molecule has 1 atom stereocenters. The van der Waals surface area contributed by atoms with Crippen molar-refractivity contribution >= 4 is 29.0 Å². The summed E-state index contributed by atoms with van der Waals surface area (Å²) in [7, 11) is 0. The number of halogens is 2. The lowest BCUT2D eigenvalue weighted by Crippen LogP contribution is -2.10. The van der Waals surface area contributed by atoms with E-state index in [4.69, 9.17) is 28.7 Å². The first-order valence-corrected chi connectivity index (χ1v) is 6.29. The molecule has 0 bridgehead atoms. The molecule has 0 aliphatic rings. The van der Waals surface area contributed by atoms with Crippen LogP contribution in [0.25, 0.3) is 0 Å². The largest absolute Gasteiger partial charge is 0.291 e. The number of carbonyl (C=O) groups excluding carboxylic acids is 1. The van der Waals surface area contributed by atoms with Crippen LogP contribution in [0.1, 0.15) is 22.0 Å². The molecule has 0 saturated heterocycles. The number of carbonyl (C=O) groups is 1. The molecule has 1 unspecified atom stereocenters. The Morgan fingerprint density at radius 3 is 1.89 bits per heavy atom. The summed E-state index contributed by atoms with van der Waals surface area (Å²) in [5.41, 5.74) is 8.33. The maximum absolute atomic E-state index is 12.3. The van der Waals surface area contributed by atoms with Crippen molar-refractivity contribution in [2.45, 2.75) is 6.04 Å². The van der Waals surface area contributed by atoms with Crippen LogP contribution >= 0.6 is 23.2 Å². The van der Waals surface area contributed by atoms with Crippen molar-refractivity contribution < 1.29 is 4.79 Å². The molecule has 2 aromatic rings. The molecule has 0 aliphatic carbocycles. The van der Waals surface area contributed by atoms with Crippen molar-refractivity contribution in [1.29, 1.82) is 5.53 Å². The van der Waals surface area contributed by atoms with E-state index in [2.05, 4.69) is 5.11 Å². The van der Waals surface area contributed by atoms with Gasteiger partial charge in [-0.15, -0.1) is 0 Å². The Morgan fingerprint density at radius 1 is 0.947 bits per heavy atom. The van der Waals surface area contributed by atoms with Gasteiger partial charge in [-0.25, -0.2) is 5.53 Å². The van der Waals surface area contributed by atoms with Gasteiger partial charge in [0.1, 0.15) is 0 Å². The molecule has 0 aromatic heterocycles. The van der Waals surface area contributed by atoms with Crippen molar-refractivity contribution in [3.63, 3.8) is 0 Å².